The molecule has 0 atom stereocenters. The van der Waals surface area contributed by atoms with Crippen molar-refractivity contribution in [2.24, 2.45) is 5.92 Å². The lowest BCUT2D eigenvalue weighted by atomic mass is 10.2. The average Bonchev–Trinajstić information content (AvgIpc) is 3.22. The van der Waals surface area contributed by atoms with E-state index in [1.54, 1.807) is 12.1 Å². The summed E-state index contributed by atoms with van der Waals surface area (Å²) in [6, 6.07) is 6.09. The van der Waals surface area contributed by atoms with Crippen LogP contribution in [0.25, 0.3) is 0 Å². The van der Waals surface area contributed by atoms with Crippen molar-refractivity contribution in [1.29, 1.82) is 0 Å². The highest BCUT2D eigenvalue weighted by atomic mass is 32.2. The molecule has 1 aliphatic carbocycles. The van der Waals surface area contributed by atoms with E-state index in [0.717, 1.165) is 12.8 Å². The highest BCUT2D eigenvalue weighted by molar-refractivity contribution is 7.89. The first-order valence-corrected chi connectivity index (χ1v) is 7.94. The molecule has 0 spiro atoms. The van der Waals surface area contributed by atoms with Gasteiger partial charge in [0, 0.05) is 12.1 Å². The Hall–Kier alpha value is -1.64. The Labute approximate surface area is 119 Å². The van der Waals surface area contributed by atoms with Gasteiger partial charge in [-0.05, 0) is 37.8 Å². The third-order valence-corrected chi connectivity index (χ3v) is 5.11. The molecule has 0 N–H and O–H groups in total. The molecule has 0 saturated heterocycles. The number of hydrogen-bond acceptors (Lipinski definition) is 3. The second-order valence-corrected chi connectivity index (χ2v) is 6.97. The molecular weight excluding hydrogens is 274 g/mol. The number of terminal acetylenes is 1. The number of nitrogens with zero attached hydrogens (tertiary/aromatic N) is 1. The Morgan fingerprint density at radius 3 is 2.70 bits per heavy atom. The van der Waals surface area contributed by atoms with Crippen LogP contribution in [0, 0.1) is 18.3 Å². The number of rotatable bonds is 6. The lowest BCUT2D eigenvalue weighted by Crippen LogP contribution is -2.33. The molecule has 1 aliphatic rings. The third-order valence-electron chi connectivity index (χ3n) is 3.30. The van der Waals surface area contributed by atoms with Crippen molar-refractivity contribution in [3.8, 4) is 12.3 Å². The van der Waals surface area contributed by atoms with Gasteiger partial charge in [0.1, 0.15) is 0 Å². The van der Waals surface area contributed by atoms with E-state index in [2.05, 4.69) is 5.92 Å². The molecule has 0 aliphatic heterocycles. The summed E-state index contributed by atoms with van der Waals surface area (Å²) in [5.74, 6) is 2.65. The van der Waals surface area contributed by atoms with Crippen LogP contribution in [-0.4, -0.2) is 31.6 Å². The minimum Gasteiger partial charge on any atom is -0.295 e. The maximum Gasteiger partial charge on any atom is 0.243 e. The predicted molar refractivity (Wildman–Crippen MR) is 76.8 cm³/mol. The van der Waals surface area contributed by atoms with Crippen molar-refractivity contribution in [3.63, 3.8) is 0 Å². The van der Waals surface area contributed by atoms with E-state index in [-0.39, 0.29) is 17.2 Å². The van der Waals surface area contributed by atoms with Crippen molar-refractivity contribution >= 4 is 15.8 Å². The van der Waals surface area contributed by atoms with Gasteiger partial charge in [0.2, 0.25) is 10.0 Å². The van der Waals surface area contributed by atoms with Crippen LogP contribution in [0.3, 0.4) is 0 Å². The van der Waals surface area contributed by atoms with Crippen molar-refractivity contribution < 1.29 is 13.2 Å². The molecule has 0 aromatic heterocycles. The van der Waals surface area contributed by atoms with E-state index in [0.29, 0.717) is 18.0 Å². The summed E-state index contributed by atoms with van der Waals surface area (Å²) >= 11 is 0. The Kier molecular flexibility index (Phi) is 4.26. The molecule has 0 bridgehead atoms. The standard InChI is InChI=1S/C15H17NO3S/c1-3-9-16(11-13-7-8-13)20(18,19)15-6-4-5-14(10-15)12(2)17/h1,4-6,10,13H,7-9,11H2,2H3. The first kappa shape index (κ1) is 14.8. The van der Waals surface area contributed by atoms with Gasteiger partial charge in [-0.15, -0.1) is 6.42 Å². The number of benzene rings is 1. The van der Waals surface area contributed by atoms with Crippen LogP contribution in [0.5, 0.6) is 0 Å². The molecule has 0 heterocycles. The first-order chi connectivity index (χ1) is 9.45. The maximum absolute atomic E-state index is 12.6. The van der Waals surface area contributed by atoms with Gasteiger partial charge >= 0.3 is 0 Å². The lowest BCUT2D eigenvalue weighted by molar-refractivity contribution is 0.101. The van der Waals surface area contributed by atoms with E-state index < -0.39 is 10.0 Å². The number of carbonyl (C=O) groups excluding carboxylic acids is 1. The fraction of sp³-hybridized carbons (Fsp3) is 0.400. The fourth-order valence-corrected chi connectivity index (χ4v) is 3.44. The molecule has 0 amide bonds. The molecule has 5 heteroatoms. The second-order valence-electron chi connectivity index (χ2n) is 5.03. The van der Waals surface area contributed by atoms with Gasteiger partial charge in [0.15, 0.2) is 5.78 Å². The van der Waals surface area contributed by atoms with Gasteiger partial charge in [-0.1, -0.05) is 18.1 Å². The number of Topliss-reactive ketones (excluding diaryl/α,β-unsaturated/α-hetero) is 1. The van der Waals surface area contributed by atoms with Crippen LogP contribution in [0.4, 0.5) is 0 Å². The minimum absolute atomic E-state index is 0.0587. The van der Waals surface area contributed by atoms with Gasteiger partial charge in [-0.2, -0.15) is 4.31 Å². The SMILES string of the molecule is C#CCN(CC1CC1)S(=O)(=O)c1cccc(C(C)=O)c1. The minimum atomic E-state index is -3.64. The summed E-state index contributed by atoms with van der Waals surface area (Å²) in [6.45, 7) is 1.93. The van der Waals surface area contributed by atoms with Gasteiger partial charge < -0.3 is 0 Å². The first-order valence-electron chi connectivity index (χ1n) is 6.49. The van der Waals surface area contributed by atoms with Crippen molar-refractivity contribution in [2.45, 2.75) is 24.7 Å². The summed E-state index contributed by atoms with van der Waals surface area (Å²) in [4.78, 5) is 11.5. The maximum atomic E-state index is 12.6. The highest BCUT2D eigenvalue weighted by Gasteiger charge is 2.31. The summed E-state index contributed by atoms with van der Waals surface area (Å²) in [5, 5.41) is 0. The number of carbonyl (C=O) groups is 1. The molecule has 1 aromatic carbocycles. The van der Waals surface area contributed by atoms with Gasteiger partial charge in [-0.25, -0.2) is 8.42 Å². The van der Waals surface area contributed by atoms with Gasteiger partial charge in [-0.3, -0.25) is 4.79 Å². The van der Waals surface area contributed by atoms with Crippen molar-refractivity contribution in [2.75, 3.05) is 13.1 Å². The Balaban J connectivity index is 2.33. The van der Waals surface area contributed by atoms with E-state index in [4.69, 9.17) is 6.42 Å². The third kappa shape index (κ3) is 3.27. The second kappa shape index (κ2) is 5.78. The van der Waals surface area contributed by atoms with Crippen LogP contribution in [0.1, 0.15) is 30.1 Å². The van der Waals surface area contributed by atoms with Crippen LogP contribution >= 0.6 is 0 Å². The molecule has 1 aromatic rings. The normalized spacial score (nSPS) is 15.1. The van der Waals surface area contributed by atoms with Crippen molar-refractivity contribution in [1.82, 2.24) is 4.31 Å². The number of sulfonamides is 1. The van der Waals surface area contributed by atoms with Crippen LogP contribution < -0.4 is 0 Å². The molecule has 20 heavy (non-hydrogen) atoms. The summed E-state index contributed by atoms with van der Waals surface area (Å²) in [6.07, 6.45) is 7.36. The molecule has 4 nitrogen and oxygen atoms in total. The largest absolute Gasteiger partial charge is 0.295 e. The highest BCUT2D eigenvalue weighted by Crippen LogP contribution is 2.31. The van der Waals surface area contributed by atoms with Crippen LogP contribution in [-0.2, 0) is 10.0 Å². The molecule has 2 rings (SSSR count). The molecular formula is C15H17NO3S. The monoisotopic (exact) mass is 291 g/mol. The molecule has 106 valence electrons. The topological polar surface area (TPSA) is 54.5 Å². The van der Waals surface area contributed by atoms with Crippen LogP contribution in [0.2, 0.25) is 0 Å². The van der Waals surface area contributed by atoms with Crippen LogP contribution in [0.15, 0.2) is 29.2 Å². The molecule has 0 unspecified atom stereocenters. The van der Waals surface area contributed by atoms with Gasteiger partial charge in [0.05, 0.1) is 11.4 Å². The summed E-state index contributed by atoms with van der Waals surface area (Å²) < 4.78 is 26.5. The Morgan fingerprint density at radius 2 is 2.15 bits per heavy atom. The zero-order valence-electron chi connectivity index (χ0n) is 11.4. The molecule has 1 fully saturated rings. The molecule has 1 saturated carbocycles. The predicted octanol–water partition coefficient (Wildman–Crippen LogP) is 1.92. The fourth-order valence-electron chi connectivity index (χ4n) is 1.96. The van der Waals surface area contributed by atoms with E-state index >= 15 is 0 Å². The average molecular weight is 291 g/mol. The summed E-state index contributed by atoms with van der Waals surface area (Å²) in [7, 11) is -3.64. The quantitative estimate of drug-likeness (QED) is 0.594. The lowest BCUT2D eigenvalue weighted by Gasteiger charge is -2.20. The van der Waals surface area contributed by atoms with E-state index in [1.165, 1.54) is 23.4 Å². The van der Waals surface area contributed by atoms with Gasteiger partial charge in [0.25, 0.3) is 0 Å². The Morgan fingerprint density at radius 1 is 1.45 bits per heavy atom. The smallest absolute Gasteiger partial charge is 0.243 e. The number of hydrogen-bond donors (Lipinski definition) is 0. The zero-order chi connectivity index (χ0) is 14.8. The number of ketones is 1. The zero-order valence-corrected chi connectivity index (χ0v) is 12.2. The van der Waals surface area contributed by atoms with E-state index in [9.17, 15) is 13.2 Å². The molecule has 0 radical (unpaired) electrons. The van der Waals surface area contributed by atoms with Crippen molar-refractivity contribution in [3.05, 3.63) is 29.8 Å². The summed E-state index contributed by atoms with van der Waals surface area (Å²) in [5.41, 5.74) is 0.387. The van der Waals surface area contributed by atoms with E-state index in [1.807, 2.05) is 0 Å². The Bertz CT molecular complexity index is 654.